The Bertz CT molecular complexity index is 854. The normalized spacial score (nSPS) is 10.8. The Morgan fingerprint density at radius 2 is 2.14 bits per heavy atom. The molecular weight excluding hydrogens is 284 g/mol. The minimum absolute atomic E-state index is 0.00705. The van der Waals surface area contributed by atoms with Gasteiger partial charge in [-0.05, 0) is 30.7 Å². The van der Waals surface area contributed by atoms with Gasteiger partial charge in [0.15, 0.2) is 11.5 Å². The van der Waals surface area contributed by atoms with Crippen LogP contribution in [0.1, 0.15) is 21.9 Å². The number of fused-ring (bicyclic) bond motifs is 1. The van der Waals surface area contributed by atoms with Crippen LogP contribution < -0.4 is 4.74 Å². The molecule has 0 fully saturated rings. The number of ether oxygens (including phenoxy) is 1. The number of aromatic hydroxyl groups is 1. The minimum Gasteiger partial charge on any atom is -0.508 e. The fraction of sp³-hybridized carbons (Fsp3) is 0.125. The number of carbonyl (C=O) groups is 1. The average molecular weight is 298 g/mol. The van der Waals surface area contributed by atoms with Gasteiger partial charge in [-0.3, -0.25) is 4.40 Å². The van der Waals surface area contributed by atoms with Gasteiger partial charge in [0.1, 0.15) is 18.1 Å². The maximum absolute atomic E-state index is 11.3. The number of rotatable bonds is 4. The van der Waals surface area contributed by atoms with Crippen LogP contribution in [0.3, 0.4) is 0 Å². The number of hydrogen-bond acceptors (Lipinski definition) is 4. The molecule has 0 bridgehead atoms. The standard InChI is InChI=1S/C16H14N2O4/c1-10-4-3-7-18-13(17-14(15(10)18)16(20)21)9-22-12-6-2-5-11(19)8-12/h2-8,19H,9H2,1H3,(H,20,21). The maximum atomic E-state index is 11.3. The van der Waals surface area contributed by atoms with Crippen molar-refractivity contribution in [2.75, 3.05) is 0 Å². The predicted octanol–water partition coefficient (Wildman–Crippen LogP) is 2.63. The maximum Gasteiger partial charge on any atom is 0.356 e. The molecule has 0 spiro atoms. The highest BCUT2D eigenvalue weighted by molar-refractivity contribution is 5.94. The summed E-state index contributed by atoms with van der Waals surface area (Å²) in [5.41, 5.74) is 1.40. The Balaban J connectivity index is 1.97. The molecule has 0 amide bonds. The van der Waals surface area contributed by atoms with Crippen LogP contribution in [0.4, 0.5) is 0 Å². The highest BCUT2D eigenvalue weighted by atomic mass is 16.5. The number of imidazole rings is 1. The lowest BCUT2D eigenvalue weighted by molar-refractivity contribution is 0.0693. The molecule has 0 unspecified atom stereocenters. The van der Waals surface area contributed by atoms with Gasteiger partial charge in [-0.15, -0.1) is 0 Å². The minimum atomic E-state index is -1.07. The van der Waals surface area contributed by atoms with E-state index in [1.54, 1.807) is 28.8 Å². The quantitative estimate of drug-likeness (QED) is 0.773. The number of benzene rings is 1. The van der Waals surface area contributed by atoms with Crippen LogP contribution in [-0.2, 0) is 6.61 Å². The van der Waals surface area contributed by atoms with Crippen LogP contribution >= 0.6 is 0 Å². The van der Waals surface area contributed by atoms with E-state index in [1.807, 2.05) is 19.1 Å². The second kappa shape index (κ2) is 5.40. The third-order valence-corrected chi connectivity index (χ3v) is 3.33. The summed E-state index contributed by atoms with van der Waals surface area (Å²) >= 11 is 0. The van der Waals surface area contributed by atoms with Gasteiger partial charge in [0, 0.05) is 12.3 Å². The molecule has 2 aromatic heterocycles. The summed E-state index contributed by atoms with van der Waals surface area (Å²) in [6.07, 6.45) is 1.75. The molecule has 1 aromatic carbocycles. The SMILES string of the molecule is Cc1cccn2c(COc3cccc(O)c3)nc(C(=O)O)c12. The van der Waals surface area contributed by atoms with Gasteiger partial charge in [0.05, 0.1) is 5.52 Å². The lowest BCUT2D eigenvalue weighted by Gasteiger charge is -2.06. The molecule has 2 N–H and O–H groups in total. The number of carboxylic acid groups (broad SMARTS) is 1. The highest BCUT2D eigenvalue weighted by Crippen LogP contribution is 2.21. The molecule has 0 saturated carbocycles. The van der Waals surface area contributed by atoms with Gasteiger partial charge >= 0.3 is 5.97 Å². The van der Waals surface area contributed by atoms with Gasteiger partial charge in [-0.25, -0.2) is 9.78 Å². The van der Waals surface area contributed by atoms with Crippen molar-refractivity contribution in [2.24, 2.45) is 0 Å². The van der Waals surface area contributed by atoms with E-state index in [0.29, 0.717) is 17.1 Å². The molecule has 112 valence electrons. The number of carboxylic acids is 1. The summed E-state index contributed by atoms with van der Waals surface area (Å²) in [6.45, 7) is 1.94. The van der Waals surface area contributed by atoms with E-state index in [1.165, 1.54) is 6.07 Å². The van der Waals surface area contributed by atoms with E-state index in [-0.39, 0.29) is 18.1 Å². The van der Waals surface area contributed by atoms with Gasteiger partial charge in [-0.1, -0.05) is 12.1 Å². The second-order valence-corrected chi connectivity index (χ2v) is 4.88. The number of aromatic carboxylic acids is 1. The molecule has 2 heterocycles. The number of nitrogens with zero attached hydrogens (tertiary/aromatic N) is 2. The van der Waals surface area contributed by atoms with E-state index in [9.17, 15) is 15.0 Å². The first-order chi connectivity index (χ1) is 10.6. The van der Waals surface area contributed by atoms with Crippen molar-refractivity contribution in [1.29, 1.82) is 0 Å². The van der Waals surface area contributed by atoms with Crippen molar-refractivity contribution in [3.63, 3.8) is 0 Å². The average Bonchev–Trinajstić information content (AvgIpc) is 2.86. The fourth-order valence-corrected chi connectivity index (χ4v) is 2.34. The van der Waals surface area contributed by atoms with Crippen LogP contribution in [0.15, 0.2) is 42.6 Å². The summed E-state index contributed by atoms with van der Waals surface area (Å²) in [4.78, 5) is 15.5. The molecule has 0 radical (unpaired) electrons. The van der Waals surface area contributed by atoms with E-state index < -0.39 is 5.97 Å². The molecule has 0 aliphatic carbocycles. The molecule has 3 aromatic rings. The molecule has 0 aliphatic rings. The predicted molar refractivity (Wildman–Crippen MR) is 79.3 cm³/mol. The van der Waals surface area contributed by atoms with E-state index in [0.717, 1.165) is 5.56 Å². The molecule has 0 saturated heterocycles. The molecule has 0 aliphatic heterocycles. The summed E-state index contributed by atoms with van der Waals surface area (Å²) in [6, 6.07) is 10.1. The second-order valence-electron chi connectivity index (χ2n) is 4.88. The Kier molecular flexibility index (Phi) is 3.42. The van der Waals surface area contributed by atoms with Crippen LogP contribution in [0.5, 0.6) is 11.5 Å². The Morgan fingerprint density at radius 3 is 2.86 bits per heavy atom. The zero-order chi connectivity index (χ0) is 15.7. The first-order valence-electron chi connectivity index (χ1n) is 6.68. The number of aryl methyl sites for hydroxylation is 1. The van der Waals surface area contributed by atoms with Crippen LogP contribution in [0.2, 0.25) is 0 Å². The molecule has 6 nitrogen and oxygen atoms in total. The highest BCUT2D eigenvalue weighted by Gasteiger charge is 2.18. The number of hydrogen-bond donors (Lipinski definition) is 2. The summed E-state index contributed by atoms with van der Waals surface area (Å²) in [7, 11) is 0. The summed E-state index contributed by atoms with van der Waals surface area (Å²) < 4.78 is 7.29. The Labute approximate surface area is 126 Å². The largest absolute Gasteiger partial charge is 0.508 e. The van der Waals surface area contributed by atoms with Crippen LogP contribution in [0.25, 0.3) is 5.52 Å². The number of pyridine rings is 1. The molecule has 0 atom stereocenters. The summed E-state index contributed by atoms with van der Waals surface area (Å²) in [5, 5.41) is 18.7. The topological polar surface area (TPSA) is 84.1 Å². The number of aromatic nitrogens is 2. The van der Waals surface area contributed by atoms with Crippen molar-refractivity contribution in [2.45, 2.75) is 13.5 Å². The van der Waals surface area contributed by atoms with Crippen molar-refractivity contribution < 1.29 is 19.7 Å². The monoisotopic (exact) mass is 298 g/mol. The third-order valence-electron chi connectivity index (χ3n) is 3.33. The van der Waals surface area contributed by atoms with Crippen molar-refractivity contribution in [3.05, 3.63) is 59.7 Å². The molecule has 6 heteroatoms. The van der Waals surface area contributed by atoms with Gasteiger partial charge in [-0.2, -0.15) is 0 Å². The van der Waals surface area contributed by atoms with E-state index in [4.69, 9.17) is 4.74 Å². The van der Waals surface area contributed by atoms with Crippen molar-refractivity contribution in [3.8, 4) is 11.5 Å². The number of phenolic OH excluding ortho intramolecular Hbond substituents is 1. The molecular formula is C16H14N2O4. The lowest BCUT2D eigenvalue weighted by atomic mass is 10.2. The molecule has 3 rings (SSSR count). The zero-order valence-corrected chi connectivity index (χ0v) is 11.9. The van der Waals surface area contributed by atoms with Gasteiger partial charge < -0.3 is 14.9 Å². The van der Waals surface area contributed by atoms with E-state index in [2.05, 4.69) is 4.98 Å². The summed E-state index contributed by atoms with van der Waals surface area (Å²) in [5.74, 6) is 0.00340. The third kappa shape index (κ3) is 2.46. The first kappa shape index (κ1) is 13.9. The number of phenols is 1. The van der Waals surface area contributed by atoms with Crippen molar-refractivity contribution >= 4 is 11.5 Å². The van der Waals surface area contributed by atoms with Crippen molar-refractivity contribution in [1.82, 2.24) is 9.38 Å². The fourth-order valence-electron chi connectivity index (χ4n) is 2.34. The zero-order valence-electron chi connectivity index (χ0n) is 11.9. The molecule has 22 heavy (non-hydrogen) atoms. The first-order valence-corrected chi connectivity index (χ1v) is 6.68. The smallest absolute Gasteiger partial charge is 0.356 e. The Hall–Kier alpha value is -3.02. The van der Waals surface area contributed by atoms with Gasteiger partial charge in [0.2, 0.25) is 0 Å². The van der Waals surface area contributed by atoms with E-state index >= 15 is 0 Å². The van der Waals surface area contributed by atoms with Crippen LogP contribution in [-0.4, -0.2) is 25.6 Å². The van der Waals surface area contributed by atoms with Gasteiger partial charge in [0.25, 0.3) is 0 Å². The van der Waals surface area contributed by atoms with Crippen LogP contribution in [0, 0.1) is 6.92 Å². The Morgan fingerprint density at radius 1 is 1.32 bits per heavy atom. The lowest BCUT2D eigenvalue weighted by Crippen LogP contribution is -2.01.